The zero-order chi connectivity index (χ0) is 18.9. The van der Waals surface area contributed by atoms with Crippen molar-refractivity contribution in [3.63, 3.8) is 0 Å². The van der Waals surface area contributed by atoms with Gasteiger partial charge in [-0.2, -0.15) is 5.26 Å². The maximum atomic E-state index is 9.00. The minimum atomic E-state index is 0.284. The summed E-state index contributed by atoms with van der Waals surface area (Å²) in [5.41, 5.74) is 5.27. The van der Waals surface area contributed by atoms with E-state index >= 15 is 0 Å². The lowest BCUT2D eigenvalue weighted by Gasteiger charge is -2.21. The predicted octanol–water partition coefficient (Wildman–Crippen LogP) is 7.43. The number of rotatable bonds is 7. The van der Waals surface area contributed by atoms with E-state index in [0.29, 0.717) is 5.92 Å². The van der Waals surface area contributed by atoms with Gasteiger partial charge in [0.25, 0.3) is 0 Å². The highest BCUT2D eigenvalue weighted by Gasteiger charge is 2.18. The third kappa shape index (κ3) is 5.83. The van der Waals surface area contributed by atoms with Crippen LogP contribution in [0, 0.1) is 23.2 Å². The fourth-order valence-corrected chi connectivity index (χ4v) is 3.92. The smallest absolute Gasteiger partial charge is 0.0655 e. The molecule has 0 unspecified atom stereocenters. The fraction of sp³-hybridized carbons (Fsp3) is 0.423. The molecule has 1 fully saturated rings. The van der Waals surface area contributed by atoms with Crippen LogP contribution >= 0.6 is 0 Å². The minimum absolute atomic E-state index is 0.284. The average molecular weight is 358 g/mol. The molecule has 27 heavy (non-hydrogen) atoms. The molecule has 1 heteroatoms. The standard InChI is InChI=1S/C26H31N/c1-2-3-4-5-21-12-16-25(17-13-21)26-18-14-23(15-19-26)7-6-22-8-10-24(20-27)11-9-22/h6-7,12-19,22,24H,2-5,8-11H2,1H3. The Morgan fingerprint density at radius 2 is 1.52 bits per heavy atom. The van der Waals surface area contributed by atoms with E-state index in [2.05, 4.69) is 73.7 Å². The lowest BCUT2D eigenvalue weighted by Crippen LogP contribution is -2.11. The number of allylic oxidation sites excluding steroid dienone is 1. The second kappa shape index (κ2) is 10.1. The van der Waals surface area contributed by atoms with Crippen LogP contribution in [0.3, 0.4) is 0 Å². The highest BCUT2D eigenvalue weighted by molar-refractivity contribution is 5.66. The Balaban J connectivity index is 1.55. The average Bonchev–Trinajstić information content (AvgIpc) is 2.74. The fourth-order valence-electron chi connectivity index (χ4n) is 3.92. The molecule has 0 N–H and O–H groups in total. The second-order valence-corrected chi connectivity index (χ2v) is 7.88. The van der Waals surface area contributed by atoms with Crippen molar-refractivity contribution >= 4 is 6.08 Å². The van der Waals surface area contributed by atoms with Gasteiger partial charge in [-0.1, -0.05) is 80.4 Å². The zero-order valence-electron chi connectivity index (χ0n) is 16.5. The third-order valence-electron chi connectivity index (χ3n) is 5.78. The summed E-state index contributed by atoms with van der Waals surface area (Å²) in [5, 5.41) is 9.00. The molecule has 0 heterocycles. The molecule has 2 aromatic rings. The zero-order valence-corrected chi connectivity index (χ0v) is 16.5. The van der Waals surface area contributed by atoms with E-state index in [1.54, 1.807) is 0 Å². The third-order valence-corrected chi connectivity index (χ3v) is 5.78. The second-order valence-electron chi connectivity index (χ2n) is 7.88. The van der Waals surface area contributed by atoms with Gasteiger partial charge >= 0.3 is 0 Å². The van der Waals surface area contributed by atoms with Gasteiger partial charge in [-0.05, 0) is 66.7 Å². The van der Waals surface area contributed by atoms with Crippen LogP contribution in [0.2, 0.25) is 0 Å². The Bertz CT molecular complexity index is 753. The lowest BCUT2D eigenvalue weighted by molar-refractivity contribution is 0.363. The molecule has 0 saturated heterocycles. The van der Waals surface area contributed by atoms with E-state index in [1.165, 1.54) is 47.9 Å². The molecule has 3 rings (SSSR count). The number of nitriles is 1. The number of unbranched alkanes of at least 4 members (excludes halogenated alkanes) is 2. The van der Waals surface area contributed by atoms with Crippen LogP contribution in [-0.4, -0.2) is 0 Å². The molecule has 2 aromatic carbocycles. The quantitative estimate of drug-likeness (QED) is 0.473. The van der Waals surface area contributed by atoms with Crippen molar-refractivity contribution < 1.29 is 0 Å². The molecule has 0 atom stereocenters. The van der Waals surface area contributed by atoms with E-state index in [9.17, 15) is 0 Å². The molecule has 0 spiro atoms. The monoisotopic (exact) mass is 357 g/mol. The van der Waals surface area contributed by atoms with Crippen LogP contribution in [-0.2, 0) is 6.42 Å². The molecular formula is C26H31N. The molecule has 0 amide bonds. The predicted molar refractivity (Wildman–Crippen MR) is 115 cm³/mol. The maximum Gasteiger partial charge on any atom is 0.0655 e. The Hall–Kier alpha value is -2.33. The summed E-state index contributed by atoms with van der Waals surface area (Å²) in [7, 11) is 0. The summed E-state index contributed by atoms with van der Waals surface area (Å²) in [6, 6.07) is 20.3. The number of aryl methyl sites for hydroxylation is 1. The van der Waals surface area contributed by atoms with Gasteiger partial charge in [0.05, 0.1) is 6.07 Å². The van der Waals surface area contributed by atoms with Crippen molar-refractivity contribution in [2.75, 3.05) is 0 Å². The van der Waals surface area contributed by atoms with Gasteiger partial charge in [0.1, 0.15) is 0 Å². The van der Waals surface area contributed by atoms with Crippen LogP contribution in [0.15, 0.2) is 54.6 Å². The van der Waals surface area contributed by atoms with Crippen molar-refractivity contribution in [3.05, 3.63) is 65.7 Å². The van der Waals surface area contributed by atoms with E-state index in [1.807, 2.05) is 0 Å². The van der Waals surface area contributed by atoms with Crippen LogP contribution < -0.4 is 0 Å². The van der Waals surface area contributed by atoms with Crippen molar-refractivity contribution in [1.29, 1.82) is 5.26 Å². The number of hydrogen-bond donors (Lipinski definition) is 0. The molecule has 0 aromatic heterocycles. The van der Waals surface area contributed by atoms with E-state index in [-0.39, 0.29) is 5.92 Å². The van der Waals surface area contributed by atoms with Crippen molar-refractivity contribution in [2.24, 2.45) is 11.8 Å². The highest BCUT2D eigenvalue weighted by Crippen LogP contribution is 2.29. The van der Waals surface area contributed by atoms with Crippen LogP contribution in [0.1, 0.15) is 63.0 Å². The first-order valence-corrected chi connectivity index (χ1v) is 10.6. The Morgan fingerprint density at radius 1 is 0.889 bits per heavy atom. The number of nitrogens with zero attached hydrogens (tertiary/aromatic N) is 1. The summed E-state index contributed by atoms with van der Waals surface area (Å²) in [5.74, 6) is 0.918. The Kier molecular flexibility index (Phi) is 7.28. The topological polar surface area (TPSA) is 23.8 Å². The summed E-state index contributed by atoms with van der Waals surface area (Å²) < 4.78 is 0. The van der Waals surface area contributed by atoms with Gasteiger partial charge < -0.3 is 0 Å². The number of benzene rings is 2. The maximum absolute atomic E-state index is 9.00. The van der Waals surface area contributed by atoms with Crippen LogP contribution in [0.25, 0.3) is 17.2 Å². The molecule has 0 bridgehead atoms. The largest absolute Gasteiger partial charge is 0.198 e. The van der Waals surface area contributed by atoms with E-state index in [0.717, 1.165) is 25.7 Å². The first-order chi connectivity index (χ1) is 13.3. The van der Waals surface area contributed by atoms with Crippen LogP contribution in [0.5, 0.6) is 0 Å². The molecule has 0 aliphatic heterocycles. The van der Waals surface area contributed by atoms with Gasteiger partial charge in [-0.3, -0.25) is 0 Å². The van der Waals surface area contributed by atoms with Crippen molar-refractivity contribution in [1.82, 2.24) is 0 Å². The highest BCUT2D eigenvalue weighted by atomic mass is 14.3. The molecule has 0 radical (unpaired) electrons. The first-order valence-electron chi connectivity index (χ1n) is 10.6. The van der Waals surface area contributed by atoms with Crippen molar-refractivity contribution in [3.8, 4) is 17.2 Å². The van der Waals surface area contributed by atoms with Crippen molar-refractivity contribution in [2.45, 2.75) is 58.3 Å². The van der Waals surface area contributed by atoms with E-state index < -0.39 is 0 Å². The normalized spacial score (nSPS) is 19.9. The molecule has 140 valence electrons. The van der Waals surface area contributed by atoms with Crippen LogP contribution in [0.4, 0.5) is 0 Å². The van der Waals surface area contributed by atoms with Gasteiger partial charge in [-0.25, -0.2) is 0 Å². The van der Waals surface area contributed by atoms with Gasteiger partial charge in [-0.15, -0.1) is 0 Å². The minimum Gasteiger partial charge on any atom is -0.198 e. The Labute approximate surface area is 164 Å². The van der Waals surface area contributed by atoms with E-state index in [4.69, 9.17) is 5.26 Å². The summed E-state index contributed by atoms with van der Waals surface area (Å²) in [4.78, 5) is 0. The summed E-state index contributed by atoms with van der Waals surface area (Å²) in [6.07, 6.45) is 14.1. The number of hydrogen-bond acceptors (Lipinski definition) is 1. The summed E-state index contributed by atoms with van der Waals surface area (Å²) >= 11 is 0. The first kappa shape index (κ1) is 19.4. The molecule has 1 saturated carbocycles. The SMILES string of the molecule is CCCCCc1ccc(-c2ccc(C=CC3CCC(C#N)CC3)cc2)cc1. The summed E-state index contributed by atoms with van der Waals surface area (Å²) in [6.45, 7) is 2.25. The Morgan fingerprint density at radius 3 is 2.11 bits per heavy atom. The molecule has 1 aliphatic rings. The molecular weight excluding hydrogens is 326 g/mol. The van der Waals surface area contributed by atoms with Gasteiger partial charge in [0.15, 0.2) is 0 Å². The molecule has 1 nitrogen and oxygen atoms in total. The van der Waals surface area contributed by atoms with Gasteiger partial charge in [0, 0.05) is 5.92 Å². The molecule has 1 aliphatic carbocycles. The lowest BCUT2D eigenvalue weighted by atomic mass is 9.82. The van der Waals surface area contributed by atoms with Gasteiger partial charge in [0.2, 0.25) is 0 Å².